The number of hydrogen-bond donors (Lipinski definition) is 0. The van der Waals surface area contributed by atoms with Gasteiger partial charge in [0.05, 0.1) is 6.54 Å². The molecule has 0 fully saturated rings. The zero-order valence-corrected chi connectivity index (χ0v) is 12.0. The molecule has 0 N–H and O–H groups in total. The van der Waals surface area contributed by atoms with E-state index >= 15 is 0 Å². The molecule has 2 heteroatoms. The van der Waals surface area contributed by atoms with Gasteiger partial charge in [-0.1, -0.05) is 67.8 Å². The molecule has 0 aliphatic carbocycles. The van der Waals surface area contributed by atoms with Gasteiger partial charge in [-0.05, 0) is 23.3 Å². The van der Waals surface area contributed by atoms with E-state index in [9.17, 15) is 0 Å². The van der Waals surface area contributed by atoms with E-state index in [0.717, 1.165) is 23.6 Å². The highest BCUT2D eigenvalue weighted by Gasteiger charge is 2.08. The van der Waals surface area contributed by atoms with Gasteiger partial charge in [-0.25, -0.2) is 4.99 Å². The Labute approximate surface area is 126 Å². The van der Waals surface area contributed by atoms with Crippen molar-refractivity contribution in [3.8, 4) is 0 Å². The maximum Gasteiger partial charge on any atom is 0.216 e. The molecule has 0 amide bonds. The van der Waals surface area contributed by atoms with Gasteiger partial charge in [0.2, 0.25) is 5.90 Å². The molecular formula is C19H19NO. The maximum absolute atomic E-state index is 5.34. The molecule has 0 unspecified atom stereocenters. The van der Waals surface area contributed by atoms with Crippen LogP contribution in [0.3, 0.4) is 0 Å². The van der Waals surface area contributed by atoms with E-state index in [2.05, 4.69) is 18.2 Å². The van der Waals surface area contributed by atoms with Gasteiger partial charge in [0.25, 0.3) is 0 Å². The number of rotatable bonds is 3. The fourth-order valence-electron chi connectivity index (χ4n) is 1.86. The molecule has 1 aliphatic heterocycles. The molecule has 1 aliphatic rings. The van der Waals surface area contributed by atoms with Crippen molar-refractivity contribution >= 4 is 18.0 Å². The zero-order valence-electron chi connectivity index (χ0n) is 12.0. The molecule has 21 heavy (non-hydrogen) atoms. The molecule has 2 nitrogen and oxygen atoms in total. The summed E-state index contributed by atoms with van der Waals surface area (Å²) in [5.74, 6) is 0.760. The molecule has 106 valence electrons. The second-order valence-electron chi connectivity index (χ2n) is 4.48. The predicted molar refractivity (Wildman–Crippen MR) is 90.4 cm³/mol. The Morgan fingerprint density at radius 2 is 1.48 bits per heavy atom. The lowest BCUT2D eigenvalue weighted by molar-refractivity contribution is 0.348. The second-order valence-corrected chi connectivity index (χ2v) is 4.48. The van der Waals surface area contributed by atoms with Crippen LogP contribution in [0.1, 0.15) is 16.7 Å². The molecule has 0 saturated heterocycles. The zero-order chi connectivity index (χ0) is 14.9. The molecule has 0 spiro atoms. The molecule has 1 heterocycles. The first kappa shape index (κ1) is 14.8. The highest BCUT2D eigenvalue weighted by atomic mass is 16.5. The number of hydrogen-bond acceptors (Lipinski definition) is 2. The Hall–Kier alpha value is -2.61. The van der Waals surface area contributed by atoms with Crippen molar-refractivity contribution in [1.29, 1.82) is 0 Å². The minimum Gasteiger partial charge on any atom is -0.476 e. The van der Waals surface area contributed by atoms with Gasteiger partial charge in [0.15, 0.2) is 0 Å². The normalized spacial score (nSPS) is 12.5. The van der Waals surface area contributed by atoms with Crippen molar-refractivity contribution in [2.75, 3.05) is 13.2 Å². The molecule has 2 aromatic carbocycles. The topological polar surface area (TPSA) is 21.6 Å². The summed E-state index contributed by atoms with van der Waals surface area (Å²) in [5, 5.41) is 0. The van der Waals surface area contributed by atoms with E-state index in [1.165, 1.54) is 5.56 Å². The van der Waals surface area contributed by atoms with Crippen LogP contribution in [0.4, 0.5) is 0 Å². The van der Waals surface area contributed by atoms with Crippen molar-refractivity contribution in [3.63, 3.8) is 0 Å². The molecule has 0 bridgehead atoms. The smallest absolute Gasteiger partial charge is 0.216 e. The van der Waals surface area contributed by atoms with Crippen LogP contribution in [0.25, 0.3) is 12.2 Å². The largest absolute Gasteiger partial charge is 0.476 e. The molecular weight excluding hydrogens is 258 g/mol. The van der Waals surface area contributed by atoms with Crippen molar-refractivity contribution in [2.45, 2.75) is 0 Å². The summed E-state index contributed by atoms with van der Waals surface area (Å²) in [6.07, 6.45) is 3.65. The number of nitrogens with zero attached hydrogens (tertiary/aromatic N) is 1. The standard InChI is InChI=1S/C11H11NO.C8H8/c1-2-9-3-5-10(6-4-9)11-12-7-8-13-11;1-2-8-6-4-3-5-7-8/h2-6H,1,7-8H2;2-7H,1H2. The van der Waals surface area contributed by atoms with Crippen LogP contribution < -0.4 is 0 Å². The van der Waals surface area contributed by atoms with Gasteiger partial charge in [-0.3, -0.25) is 0 Å². The summed E-state index contributed by atoms with van der Waals surface area (Å²) in [6.45, 7) is 8.81. The predicted octanol–water partition coefficient (Wildman–Crippen LogP) is 4.44. The molecule has 0 atom stereocenters. The van der Waals surface area contributed by atoms with Crippen LogP contribution in [0.5, 0.6) is 0 Å². The average molecular weight is 277 g/mol. The molecule has 0 saturated carbocycles. The number of aliphatic imine (C=N–C) groups is 1. The van der Waals surface area contributed by atoms with Crippen molar-refractivity contribution in [3.05, 3.63) is 84.4 Å². The average Bonchev–Trinajstić information content (AvgIpc) is 3.11. The van der Waals surface area contributed by atoms with Crippen LogP contribution >= 0.6 is 0 Å². The van der Waals surface area contributed by atoms with E-state index in [0.29, 0.717) is 6.61 Å². The number of benzene rings is 2. The van der Waals surface area contributed by atoms with Gasteiger partial charge in [-0.2, -0.15) is 0 Å². The van der Waals surface area contributed by atoms with Crippen LogP contribution in [0.2, 0.25) is 0 Å². The minimum atomic E-state index is 0.707. The van der Waals surface area contributed by atoms with Gasteiger partial charge >= 0.3 is 0 Å². The van der Waals surface area contributed by atoms with Crippen LogP contribution in [0.15, 0.2) is 72.7 Å². The quantitative estimate of drug-likeness (QED) is 0.813. The Bertz CT molecular complexity index is 612. The Kier molecular flexibility index (Phi) is 5.53. The van der Waals surface area contributed by atoms with Gasteiger partial charge in [0.1, 0.15) is 6.61 Å². The first-order valence-corrected chi connectivity index (χ1v) is 6.91. The fraction of sp³-hybridized carbons (Fsp3) is 0.105. The monoisotopic (exact) mass is 277 g/mol. The van der Waals surface area contributed by atoms with Crippen molar-refractivity contribution in [1.82, 2.24) is 0 Å². The first-order valence-electron chi connectivity index (χ1n) is 6.91. The van der Waals surface area contributed by atoms with E-state index in [-0.39, 0.29) is 0 Å². The fourth-order valence-corrected chi connectivity index (χ4v) is 1.86. The molecule has 0 radical (unpaired) electrons. The van der Waals surface area contributed by atoms with E-state index in [4.69, 9.17) is 4.74 Å². The third-order valence-corrected chi connectivity index (χ3v) is 3.01. The van der Waals surface area contributed by atoms with E-state index < -0.39 is 0 Å². The lowest BCUT2D eigenvalue weighted by Crippen LogP contribution is -2.00. The third-order valence-electron chi connectivity index (χ3n) is 3.01. The maximum atomic E-state index is 5.34. The van der Waals surface area contributed by atoms with Crippen LogP contribution in [-0.4, -0.2) is 19.0 Å². The molecule has 0 aromatic heterocycles. The van der Waals surface area contributed by atoms with Crippen molar-refractivity contribution < 1.29 is 4.74 Å². The lowest BCUT2D eigenvalue weighted by atomic mass is 10.1. The molecule has 3 rings (SSSR count). The highest BCUT2D eigenvalue weighted by Crippen LogP contribution is 2.10. The lowest BCUT2D eigenvalue weighted by Gasteiger charge is -2.01. The summed E-state index contributed by atoms with van der Waals surface area (Å²) in [6, 6.07) is 18.0. The van der Waals surface area contributed by atoms with Crippen LogP contribution in [0, 0.1) is 0 Å². The second kappa shape index (κ2) is 7.85. The first-order chi connectivity index (χ1) is 10.3. The Morgan fingerprint density at radius 3 is 1.95 bits per heavy atom. The van der Waals surface area contributed by atoms with Gasteiger partial charge in [0, 0.05) is 5.56 Å². The minimum absolute atomic E-state index is 0.707. The summed E-state index contributed by atoms with van der Waals surface area (Å²) < 4.78 is 5.34. The molecule has 2 aromatic rings. The van der Waals surface area contributed by atoms with E-state index in [1.54, 1.807) is 0 Å². The summed E-state index contributed by atoms with van der Waals surface area (Å²) in [4.78, 5) is 4.23. The third kappa shape index (κ3) is 4.46. The summed E-state index contributed by atoms with van der Waals surface area (Å²) in [5.41, 5.74) is 3.33. The summed E-state index contributed by atoms with van der Waals surface area (Å²) >= 11 is 0. The van der Waals surface area contributed by atoms with Crippen molar-refractivity contribution in [2.24, 2.45) is 4.99 Å². The van der Waals surface area contributed by atoms with Gasteiger partial charge < -0.3 is 4.74 Å². The van der Waals surface area contributed by atoms with Crippen LogP contribution in [-0.2, 0) is 4.74 Å². The Morgan fingerprint density at radius 1 is 0.857 bits per heavy atom. The summed E-state index contributed by atoms with van der Waals surface area (Å²) in [7, 11) is 0. The highest BCUT2D eigenvalue weighted by molar-refractivity contribution is 5.95. The van der Waals surface area contributed by atoms with E-state index in [1.807, 2.05) is 66.7 Å². The SMILES string of the molecule is C=Cc1ccc(C2=NCCO2)cc1.C=Cc1ccccc1. The van der Waals surface area contributed by atoms with Gasteiger partial charge in [-0.15, -0.1) is 0 Å². The number of ether oxygens (including phenoxy) is 1. The Balaban J connectivity index is 0.000000173.